The van der Waals surface area contributed by atoms with Crippen LogP contribution in [-0.4, -0.2) is 72.3 Å². The van der Waals surface area contributed by atoms with E-state index < -0.39 is 0 Å². The van der Waals surface area contributed by atoms with Crippen molar-refractivity contribution in [1.82, 2.24) is 0 Å². The second kappa shape index (κ2) is 19.5. The zero-order valence-electron chi connectivity index (χ0n) is 8.07. The molecule has 0 aliphatic rings. The van der Waals surface area contributed by atoms with Gasteiger partial charge in [0.1, 0.15) is 0 Å². The van der Waals surface area contributed by atoms with E-state index in [4.69, 9.17) is 4.74 Å². The van der Waals surface area contributed by atoms with Crippen molar-refractivity contribution in [2.75, 3.05) is 13.2 Å². The van der Waals surface area contributed by atoms with Gasteiger partial charge in [-0.2, -0.15) is 0 Å². The number of hydrogen-bond donors (Lipinski definition) is 0. The third kappa shape index (κ3) is 20.1. The Hall–Kier alpha value is 1.96. The van der Waals surface area contributed by atoms with Crippen LogP contribution in [0.5, 0.6) is 0 Å². The van der Waals surface area contributed by atoms with Gasteiger partial charge in [0.25, 0.3) is 0 Å². The quantitative estimate of drug-likeness (QED) is 0.436. The van der Waals surface area contributed by atoms with Gasteiger partial charge in [0.2, 0.25) is 0 Å². The Morgan fingerprint density at radius 3 is 1.38 bits per heavy atom. The molecule has 0 fully saturated rings. The normalized spacial score (nSPS) is 8.77. The van der Waals surface area contributed by atoms with Gasteiger partial charge < -0.3 is 4.74 Å². The summed E-state index contributed by atoms with van der Waals surface area (Å²) in [6.07, 6.45) is 7.68. The van der Waals surface area contributed by atoms with Crippen molar-refractivity contribution < 1.29 is 4.74 Å². The molecular formula is C10H24Na2O. The van der Waals surface area contributed by atoms with Crippen LogP contribution >= 0.6 is 0 Å². The van der Waals surface area contributed by atoms with Gasteiger partial charge in [-0.15, -0.1) is 0 Å². The fourth-order valence-corrected chi connectivity index (χ4v) is 1.01. The van der Waals surface area contributed by atoms with Crippen LogP contribution < -0.4 is 0 Å². The molecule has 0 spiro atoms. The number of rotatable bonds is 8. The molecule has 0 aliphatic carbocycles. The van der Waals surface area contributed by atoms with E-state index in [9.17, 15) is 0 Å². The molecule has 0 saturated carbocycles. The molecule has 0 radical (unpaired) electrons. The second-order valence-electron chi connectivity index (χ2n) is 3.03. The van der Waals surface area contributed by atoms with Crippen molar-refractivity contribution >= 4 is 59.1 Å². The van der Waals surface area contributed by atoms with Crippen LogP contribution in [0.15, 0.2) is 0 Å². The zero-order valence-corrected chi connectivity index (χ0v) is 8.07. The van der Waals surface area contributed by atoms with E-state index >= 15 is 0 Å². The van der Waals surface area contributed by atoms with E-state index in [2.05, 4.69) is 13.8 Å². The van der Waals surface area contributed by atoms with Gasteiger partial charge in [-0.3, -0.25) is 0 Å². The summed E-state index contributed by atoms with van der Waals surface area (Å²) in [5.74, 6) is 0. The minimum absolute atomic E-state index is 0. The molecule has 0 atom stereocenters. The second-order valence-corrected chi connectivity index (χ2v) is 3.03. The monoisotopic (exact) mass is 206 g/mol. The Morgan fingerprint density at radius 2 is 1.08 bits per heavy atom. The number of unbranched alkanes of at least 4 members (excludes halogenated alkanes) is 4. The predicted molar refractivity (Wildman–Crippen MR) is 64.2 cm³/mol. The van der Waals surface area contributed by atoms with Crippen LogP contribution in [0.3, 0.4) is 0 Å². The molecule has 0 amide bonds. The summed E-state index contributed by atoms with van der Waals surface area (Å²) in [6.45, 7) is 6.38. The van der Waals surface area contributed by atoms with Gasteiger partial charge in [0, 0.05) is 13.2 Å². The van der Waals surface area contributed by atoms with Crippen molar-refractivity contribution in [1.29, 1.82) is 0 Å². The van der Waals surface area contributed by atoms with Gasteiger partial charge in [0.15, 0.2) is 0 Å². The van der Waals surface area contributed by atoms with E-state index in [0.717, 1.165) is 13.2 Å². The van der Waals surface area contributed by atoms with Gasteiger partial charge in [-0.25, -0.2) is 0 Å². The summed E-state index contributed by atoms with van der Waals surface area (Å²) in [5.41, 5.74) is 0. The Balaban J connectivity index is -0.000000500. The molecular weight excluding hydrogens is 182 g/mol. The molecule has 0 unspecified atom stereocenters. The Labute approximate surface area is 128 Å². The first kappa shape index (κ1) is 20.4. The van der Waals surface area contributed by atoms with E-state index in [1.54, 1.807) is 0 Å². The molecule has 72 valence electrons. The maximum absolute atomic E-state index is 5.44. The first-order valence-corrected chi connectivity index (χ1v) is 4.99. The van der Waals surface area contributed by atoms with Crippen molar-refractivity contribution in [2.45, 2.75) is 52.4 Å². The van der Waals surface area contributed by atoms with Crippen molar-refractivity contribution in [2.24, 2.45) is 0 Å². The molecule has 0 saturated heterocycles. The summed E-state index contributed by atoms with van der Waals surface area (Å²) < 4.78 is 5.44. The first-order chi connectivity index (χ1) is 5.41. The molecule has 0 rings (SSSR count). The first-order valence-electron chi connectivity index (χ1n) is 4.99. The zero-order chi connectivity index (χ0) is 8.36. The average molecular weight is 206 g/mol. The van der Waals surface area contributed by atoms with Crippen LogP contribution in [0, 0.1) is 0 Å². The Morgan fingerprint density at radius 1 is 0.692 bits per heavy atom. The van der Waals surface area contributed by atoms with Gasteiger partial charge in [0.05, 0.1) is 0 Å². The number of ether oxygens (including phenoxy) is 1. The van der Waals surface area contributed by atoms with Gasteiger partial charge >= 0.3 is 59.1 Å². The Kier molecular flexibility index (Phi) is 30.6. The van der Waals surface area contributed by atoms with Crippen LogP contribution in [0.1, 0.15) is 52.4 Å². The van der Waals surface area contributed by atoms with E-state index in [-0.39, 0.29) is 59.1 Å². The third-order valence-electron chi connectivity index (χ3n) is 1.78. The van der Waals surface area contributed by atoms with Gasteiger partial charge in [-0.05, 0) is 12.8 Å². The summed E-state index contributed by atoms with van der Waals surface area (Å²) in [4.78, 5) is 0. The van der Waals surface area contributed by atoms with Crippen LogP contribution in [0.25, 0.3) is 0 Å². The summed E-state index contributed by atoms with van der Waals surface area (Å²) >= 11 is 0. The molecule has 1 nitrogen and oxygen atoms in total. The molecule has 0 aromatic carbocycles. The van der Waals surface area contributed by atoms with Crippen LogP contribution in [-0.2, 0) is 4.74 Å². The average Bonchev–Trinajstić information content (AvgIpc) is 2.03. The van der Waals surface area contributed by atoms with Crippen LogP contribution in [0.4, 0.5) is 0 Å². The molecule has 0 bridgehead atoms. The third-order valence-corrected chi connectivity index (χ3v) is 1.78. The number of hydrogen-bond acceptors (Lipinski definition) is 1. The van der Waals surface area contributed by atoms with Gasteiger partial charge in [-0.1, -0.05) is 39.5 Å². The maximum atomic E-state index is 5.44. The van der Waals surface area contributed by atoms with Crippen LogP contribution in [0.2, 0.25) is 0 Å². The fourth-order valence-electron chi connectivity index (χ4n) is 1.01. The molecule has 0 aliphatic heterocycles. The molecule has 0 heterocycles. The minimum atomic E-state index is 0. The SMILES string of the molecule is CCCCCOCCCCC.[NaH].[NaH]. The van der Waals surface area contributed by atoms with Crippen molar-refractivity contribution in [3.8, 4) is 0 Å². The summed E-state index contributed by atoms with van der Waals surface area (Å²) in [6, 6.07) is 0. The van der Waals surface area contributed by atoms with E-state index in [1.165, 1.54) is 38.5 Å². The summed E-state index contributed by atoms with van der Waals surface area (Å²) in [5, 5.41) is 0. The molecule has 0 aromatic rings. The molecule has 0 N–H and O–H groups in total. The van der Waals surface area contributed by atoms with Crippen molar-refractivity contribution in [3.63, 3.8) is 0 Å². The summed E-state index contributed by atoms with van der Waals surface area (Å²) in [7, 11) is 0. The van der Waals surface area contributed by atoms with Crippen molar-refractivity contribution in [3.05, 3.63) is 0 Å². The molecule has 0 aromatic heterocycles. The van der Waals surface area contributed by atoms with E-state index in [0.29, 0.717) is 0 Å². The predicted octanol–water partition coefficient (Wildman–Crippen LogP) is 2.09. The topological polar surface area (TPSA) is 9.23 Å². The molecule has 3 heteroatoms. The standard InChI is InChI=1S/C10H22O.2Na.2H/c1-3-5-7-9-11-10-8-6-4-2;;;;/h3-10H2,1-2H3;;;;. The van der Waals surface area contributed by atoms with E-state index in [1.807, 2.05) is 0 Å². The fraction of sp³-hybridized carbons (Fsp3) is 1.00. The Bertz CT molecular complexity index is 61.9. The molecule has 13 heavy (non-hydrogen) atoms.